The molecule has 6 heteroatoms. The maximum atomic E-state index is 13.5. The fourth-order valence-electron chi connectivity index (χ4n) is 4.51. The van der Waals surface area contributed by atoms with Crippen LogP contribution in [0.5, 0.6) is 0 Å². The molecule has 1 unspecified atom stereocenters. The Morgan fingerprint density at radius 2 is 2.22 bits per heavy atom. The molecule has 27 heavy (non-hydrogen) atoms. The first kappa shape index (κ1) is 20.2. The zero-order valence-electron chi connectivity index (χ0n) is 16.2. The topological polar surface area (TPSA) is 53.0 Å². The van der Waals surface area contributed by atoms with Crippen molar-refractivity contribution in [1.29, 1.82) is 0 Å². The minimum absolute atomic E-state index is 0.108. The summed E-state index contributed by atoms with van der Waals surface area (Å²) in [5, 5.41) is 10.8. The molecule has 2 atom stereocenters. The second-order valence-electron chi connectivity index (χ2n) is 7.87. The second kappa shape index (κ2) is 9.13. The van der Waals surface area contributed by atoms with Crippen LogP contribution in [-0.4, -0.2) is 66.3 Å². The van der Waals surface area contributed by atoms with Gasteiger partial charge in [0.25, 0.3) is 0 Å². The molecule has 2 fully saturated rings. The summed E-state index contributed by atoms with van der Waals surface area (Å²) in [7, 11) is 0. The van der Waals surface area contributed by atoms with E-state index in [1.807, 2.05) is 17.9 Å². The molecule has 3 rings (SSSR count). The highest BCUT2D eigenvalue weighted by Crippen LogP contribution is 2.39. The van der Waals surface area contributed by atoms with Gasteiger partial charge in [0.15, 0.2) is 0 Å². The predicted molar refractivity (Wildman–Crippen MR) is 102 cm³/mol. The Kier molecular flexibility index (Phi) is 6.84. The van der Waals surface area contributed by atoms with Gasteiger partial charge in [-0.05, 0) is 43.9 Å². The van der Waals surface area contributed by atoms with E-state index in [0.717, 1.165) is 38.0 Å². The number of nitrogens with zero attached hydrogens (tertiary/aromatic N) is 2. The highest BCUT2D eigenvalue weighted by Gasteiger charge is 2.46. The average molecular weight is 378 g/mol. The Hall–Kier alpha value is -1.50. The first-order valence-electron chi connectivity index (χ1n) is 10.0. The van der Waals surface area contributed by atoms with E-state index in [1.165, 1.54) is 6.07 Å². The molecule has 1 spiro atoms. The summed E-state index contributed by atoms with van der Waals surface area (Å²) in [6.45, 7) is 6.54. The highest BCUT2D eigenvalue weighted by molar-refractivity contribution is 5.76. The average Bonchev–Trinajstić information content (AvgIpc) is 2.65. The molecule has 0 saturated carbocycles. The highest BCUT2D eigenvalue weighted by atomic mass is 19.1. The Morgan fingerprint density at radius 3 is 3.00 bits per heavy atom. The third kappa shape index (κ3) is 5.06. The zero-order valence-corrected chi connectivity index (χ0v) is 16.2. The van der Waals surface area contributed by atoms with Crippen molar-refractivity contribution in [3.63, 3.8) is 0 Å². The van der Waals surface area contributed by atoms with Crippen molar-refractivity contribution in [1.82, 2.24) is 9.80 Å². The molecule has 0 aliphatic carbocycles. The molecule has 150 valence electrons. The quantitative estimate of drug-likeness (QED) is 0.773. The molecule has 1 amide bonds. The summed E-state index contributed by atoms with van der Waals surface area (Å²) in [6.07, 6.45) is 2.51. The molecule has 0 radical (unpaired) electrons. The fraction of sp³-hybridized carbons (Fsp3) is 0.667. The van der Waals surface area contributed by atoms with Crippen LogP contribution in [0.15, 0.2) is 24.3 Å². The van der Waals surface area contributed by atoms with E-state index in [4.69, 9.17) is 4.74 Å². The SMILES string of the molecule is CCOCCC(=O)N1CCC[C@@]2(CN(Cc3cccc(F)c3)CCC2O)C1. The minimum atomic E-state index is -0.399. The van der Waals surface area contributed by atoms with Crippen molar-refractivity contribution in [2.24, 2.45) is 5.41 Å². The second-order valence-corrected chi connectivity index (χ2v) is 7.87. The number of piperidine rings is 2. The number of halogens is 1. The number of hydrogen-bond donors (Lipinski definition) is 1. The van der Waals surface area contributed by atoms with Gasteiger partial charge in [0, 0.05) is 44.7 Å². The fourth-order valence-corrected chi connectivity index (χ4v) is 4.51. The zero-order chi connectivity index (χ0) is 19.3. The summed E-state index contributed by atoms with van der Waals surface area (Å²) in [4.78, 5) is 16.7. The molecule has 2 saturated heterocycles. The number of hydrogen-bond acceptors (Lipinski definition) is 4. The summed E-state index contributed by atoms with van der Waals surface area (Å²) < 4.78 is 18.8. The van der Waals surface area contributed by atoms with Gasteiger partial charge in [0.1, 0.15) is 5.82 Å². The van der Waals surface area contributed by atoms with Gasteiger partial charge in [-0.2, -0.15) is 0 Å². The first-order valence-corrected chi connectivity index (χ1v) is 10.0. The standard InChI is InChI=1S/C21H31FN2O3/c1-2-27-12-8-20(26)24-10-4-9-21(16-24)15-23(11-7-19(21)25)14-17-5-3-6-18(22)13-17/h3,5-6,13,19,25H,2,4,7-12,14-16H2,1H3/t19?,21-/m1/s1. The van der Waals surface area contributed by atoms with Crippen molar-refractivity contribution in [2.75, 3.05) is 39.4 Å². The third-order valence-corrected chi connectivity index (χ3v) is 5.88. The van der Waals surface area contributed by atoms with Gasteiger partial charge in [-0.3, -0.25) is 9.69 Å². The molecule has 0 aromatic heterocycles. The lowest BCUT2D eigenvalue weighted by Crippen LogP contribution is -2.59. The lowest BCUT2D eigenvalue weighted by molar-refractivity contribution is -0.142. The smallest absolute Gasteiger partial charge is 0.224 e. The van der Waals surface area contributed by atoms with Crippen LogP contribution in [0.1, 0.15) is 38.2 Å². The van der Waals surface area contributed by atoms with Gasteiger partial charge in [0.2, 0.25) is 5.91 Å². The van der Waals surface area contributed by atoms with E-state index in [-0.39, 0.29) is 17.1 Å². The summed E-state index contributed by atoms with van der Waals surface area (Å²) >= 11 is 0. The van der Waals surface area contributed by atoms with Crippen LogP contribution < -0.4 is 0 Å². The van der Waals surface area contributed by atoms with Crippen LogP contribution in [0, 0.1) is 11.2 Å². The van der Waals surface area contributed by atoms with Gasteiger partial charge in [-0.1, -0.05) is 12.1 Å². The number of aliphatic hydroxyl groups excluding tert-OH is 1. The van der Waals surface area contributed by atoms with Crippen molar-refractivity contribution in [2.45, 2.75) is 45.3 Å². The Labute approximate surface area is 161 Å². The summed E-state index contributed by atoms with van der Waals surface area (Å²) in [5.74, 6) is -0.111. The number of aliphatic hydroxyl groups is 1. The van der Waals surface area contributed by atoms with Gasteiger partial charge in [0.05, 0.1) is 19.1 Å². The minimum Gasteiger partial charge on any atom is -0.392 e. The maximum absolute atomic E-state index is 13.5. The number of rotatable bonds is 6. The van der Waals surface area contributed by atoms with Crippen LogP contribution in [0.25, 0.3) is 0 Å². The molecule has 0 bridgehead atoms. The van der Waals surface area contributed by atoms with Crippen LogP contribution in [-0.2, 0) is 16.1 Å². The normalized spacial score (nSPS) is 26.5. The van der Waals surface area contributed by atoms with Crippen LogP contribution in [0.3, 0.4) is 0 Å². The number of carbonyl (C=O) groups excluding carboxylic acids is 1. The van der Waals surface area contributed by atoms with Gasteiger partial charge in [-0.25, -0.2) is 4.39 Å². The molecule has 1 aromatic carbocycles. The summed E-state index contributed by atoms with van der Waals surface area (Å²) in [5.41, 5.74) is 0.660. The van der Waals surface area contributed by atoms with Crippen molar-refractivity contribution in [3.05, 3.63) is 35.6 Å². The molecular formula is C21H31FN2O3. The number of likely N-dealkylation sites (tertiary alicyclic amines) is 2. The van der Waals surface area contributed by atoms with Crippen LogP contribution >= 0.6 is 0 Å². The first-order chi connectivity index (χ1) is 13.0. The van der Waals surface area contributed by atoms with Gasteiger partial charge < -0.3 is 14.7 Å². The molecule has 1 N–H and O–H groups in total. The van der Waals surface area contributed by atoms with Crippen LogP contribution in [0.4, 0.5) is 4.39 Å². The molecule has 1 aromatic rings. The van der Waals surface area contributed by atoms with Gasteiger partial charge in [-0.15, -0.1) is 0 Å². The van der Waals surface area contributed by atoms with Crippen molar-refractivity contribution in [3.8, 4) is 0 Å². The number of amides is 1. The van der Waals surface area contributed by atoms with Gasteiger partial charge >= 0.3 is 0 Å². The van der Waals surface area contributed by atoms with E-state index >= 15 is 0 Å². The van der Waals surface area contributed by atoms with E-state index < -0.39 is 6.10 Å². The van der Waals surface area contributed by atoms with E-state index in [1.54, 1.807) is 12.1 Å². The molecule has 5 nitrogen and oxygen atoms in total. The maximum Gasteiger partial charge on any atom is 0.224 e. The number of ether oxygens (including phenoxy) is 1. The Bertz CT molecular complexity index is 642. The summed E-state index contributed by atoms with van der Waals surface area (Å²) in [6, 6.07) is 6.70. The monoisotopic (exact) mass is 378 g/mol. The van der Waals surface area contributed by atoms with E-state index in [2.05, 4.69) is 4.90 Å². The Balaban J connectivity index is 1.64. The lowest BCUT2D eigenvalue weighted by Gasteiger charge is -2.51. The number of carbonyl (C=O) groups is 1. The molecular weight excluding hydrogens is 347 g/mol. The molecule has 2 heterocycles. The predicted octanol–water partition coefficient (Wildman–Crippen LogP) is 2.43. The van der Waals surface area contributed by atoms with Crippen molar-refractivity contribution >= 4 is 5.91 Å². The lowest BCUT2D eigenvalue weighted by atomic mass is 9.71. The molecule has 2 aliphatic heterocycles. The van der Waals surface area contributed by atoms with Crippen LogP contribution in [0.2, 0.25) is 0 Å². The van der Waals surface area contributed by atoms with Crippen molar-refractivity contribution < 1.29 is 19.0 Å². The van der Waals surface area contributed by atoms with E-state index in [0.29, 0.717) is 39.1 Å². The third-order valence-electron chi connectivity index (χ3n) is 5.88. The largest absolute Gasteiger partial charge is 0.392 e. The molecule has 2 aliphatic rings. The number of benzene rings is 1. The Morgan fingerprint density at radius 1 is 1.37 bits per heavy atom. The van der Waals surface area contributed by atoms with E-state index in [9.17, 15) is 14.3 Å².